The Morgan fingerprint density at radius 3 is 2.73 bits per heavy atom. The van der Waals surface area contributed by atoms with Gasteiger partial charge in [0, 0.05) is 4.47 Å². The third-order valence-electron chi connectivity index (χ3n) is 2.28. The summed E-state index contributed by atoms with van der Waals surface area (Å²) in [6.07, 6.45) is 0.208. The molecular formula is C11H12BrFO2. The Labute approximate surface area is 96.2 Å². The van der Waals surface area contributed by atoms with E-state index in [1.54, 1.807) is 19.9 Å². The normalized spacial score (nSPS) is 12.5. The van der Waals surface area contributed by atoms with E-state index in [0.29, 0.717) is 5.56 Å². The van der Waals surface area contributed by atoms with Crippen LogP contribution in [0.4, 0.5) is 4.39 Å². The second-order valence-electron chi connectivity index (χ2n) is 3.64. The first-order chi connectivity index (χ1) is 6.91. The number of rotatable bonds is 3. The van der Waals surface area contributed by atoms with Crippen LogP contribution in [0.1, 0.15) is 18.1 Å². The molecule has 1 aromatic carbocycles. The van der Waals surface area contributed by atoms with Crippen molar-refractivity contribution in [2.24, 2.45) is 5.92 Å². The van der Waals surface area contributed by atoms with Crippen molar-refractivity contribution in [3.8, 4) is 0 Å². The Hall–Kier alpha value is -0.900. The van der Waals surface area contributed by atoms with Crippen molar-refractivity contribution in [2.45, 2.75) is 20.3 Å². The van der Waals surface area contributed by atoms with Gasteiger partial charge in [0.2, 0.25) is 0 Å². The van der Waals surface area contributed by atoms with Crippen LogP contribution in [-0.4, -0.2) is 11.1 Å². The monoisotopic (exact) mass is 274 g/mol. The summed E-state index contributed by atoms with van der Waals surface area (Å²) in [6, 6.07) is 3.05. The van der Waals surface area contributed by atoms with E-state index >= 15 is 0 Å². The summed E-state index contributed by atoms with van der Waals surface area (Å²) in [4.78, 5) is 10.6. The minimum atomic E-state index is -0.911. The second kappa shape index (κ2) is 4.75. The zero-order valence-corrected chi connectivity index (χ0v) is 10.1. The number of carboxylic acids is 1. The van der Waals surface area contributed by atoms with Crippen LogP contribution in [0.3, 0.4) is 0 Å². The van der Waals surface area contributed by atoms with E-state index in [9.17, 15) is 9.18 Å². The van der Waals surface area contributed by atoms with E-state index in [1.165, 1.54) is 6.07 Å². The molecule has 0 aliphatic heterocycles. The molecule has 4 heteroatoms. The Balaban J connectivity index is 2.95. The van der Waals surface area contributed by atoms with Crippen LogP contribution in [0.5, 0.6) is 0 Å². The quantitative estimate of drug-likeness (QED) is 0.920. The molecule has 1 atom stereocenters. The highest BCUT2D eigenvalue weighted by atomic mass is 79.9. The predicted octanol–water partition coefficient (Wildman–Crippen LogP) is 3.16. The highest BCUT2D eigenvalue weighted by Crippen LogP contribution is 2.22. The van der Waals surface area contributed by atoms with Gasteiger partial charge in [-0.3, -0.25) is 4.79 Å². The van der Waals surface area contributed by atoms with Crippen molar-refractivity contribution in [1.29, 1.82) is 0 Å². The van der Waals surface area contributed by atoms with Crippen LogP contribution in [0, 0.1) is 18.7 Å². The van der Waals surface area contributed by atoms with Gasteiger partial charge < -0.3 is 5.11 Å². The molecule has 0 aliphatic rings. The maximum Gasteiger partial charge on any atom is 0.306 e. The average molecular weight is 275 g/mol. The number of carbonyl (C=O) groups is 1. The SMILES string of the molecule is Cc1cc(F)c(CC(C)C(=O)O)cc1Br. The molecule has 1 rings (SSSR count). The fraction of sp³-hybridized carbons (Fsp3) is 0.364. The first-order valence-corrected chi connectivity index (χ1v) is 5.38. The van der Waals surface area contributed by atoms with E-state index < -0.39 is 11.9 Å². The van der Waals surface area contributed by atoms with Gasteiger partial charge in [-0.1, -0.05) is 22.9 Å². The van der Waals surface area contributed by atoms with Crippen molar-refractivity contribution < 1.29 is 14.3 Å². The zero-order valence-electron chi connectivity index (χ0n) is 8.55. The largest absolute Gasteiger partial charge is 0.481 e. The molecule has 2 nitrogen and oxygen atoms in total. The average Bonchev–Trinajstić information content (AvgIpc) is 2.13. The number of hydrogen-bond donors (Lipinski definition) is 1. The van der Waals surface area contributed by atoms with Crippen molar-refractivity contribution >= 4 is 21.9 Å². The number of carboxylic acid groups (broad SMARTS) is 1. The molecule has 0 aromatic heterocycles. The topological polar surface area (TPSA) is 37.3 Å². The molecule has 0 radical (unpaired) electrons. The number of hydrogen-bond acceptors (Lipinski definition) is 1. The Kier molecular flexibility index (Phi) is 3.85. The summed E-state index contributed by atoms with van der Waals surface area (Å²) < 4.78 is 14.2. The van der Waals surface area contributed by atoms with Crippen molar-refractivity contribution in [2.75, 3.05) is 0 Å². The molecule has 0 saturated carbocycles. The summed E-state index contributed by atoms with van der Waals surface area (Å²) in [5.74, 6) is -1.83. The van der Waals surface area contributed by atoms with Gasteiger partial charge in [-0.05, 0) is 36.6 Å². The lowest BCUT2D eigenvalue weighted by atomic mass is 10.00. The second-order valence-corrected chi connectivity index (χ2v) is 4.49. The fourth-order valence-corrected chi connectivity index (χ4v) is 1.65. The molecule has 1 aromatic rings. The van der Waals surface area contributed by atoms with Gasteiger partial charge in [0.1, 0.15) is 5.82 Å². The highest BCUT2D eigenvalue weighted by molar-refractivity contribution is 9.10. The van der Waals surface area contributed by atoms with Gasteiger partial charge in [-0.25, -0.2) is 4.39 Å². The molecular weight excluding hydrogens is 263 g/mol. The lowest BCUT2D eigenvalue weighted by molar-refractivity contribution is -0.141. The number of benzene rings is 1. The number of aryl methyl sites for hydroxylation is 1. The molecule has 0 amide bonds. The smallest absolute Gasteiger partial charge is 0.306 e. The minimum Gasteiger partial charge on any atom is -0.481 e. The van der Waals surface area contributed by atoms with Crippen LogP contribution >= 0.6 is 15.9 Å². The third-order valence-corrected chi connectivity index (χ3v) is 3.13. The maximum absolute atomic E-state index is 13.4. The van der Waals surface area contributed by atoms with Gasteiger partial charge in [0.05, 0.1) is 5.92 Å². The Morgan fingerprint density at radius 1 is 1.60 bits per heavy atom. The summed E-state index contributed by atoms with van der Waals surface area (Å²) in [5.41, 5.74) is 1.24. The molecule has 1 N–H and O–H groups in total. The van der Waals surface area contributed by atoms with Gasteiger partial charge in [-0.15, -0.1) is 0 Å². The third kappa shape index (κ3) is 3.02. The molecule has 0 fully saturated rings. The van der Waals surface area contributed by atoms with E-state index in [0.717, 1.165) is 10.0 Å². The van der Waals surface area contributed by atoms with Crippen molar-refractivity contribution in [3.63, 3.8) is 0 Å². The summed E-state index contributed by atoms with van der Waals surface area (Å²) in [5, 5.41) is 8.72. The highest BCUT2D eigenvalue weighted by Gasteiger charge is 2.15. The van der Waals surface area contributed by atoms with Gasteiger partial charge in [-0.2, -0.15) is 0 Å². The standard InChI is InChI=1S/C11H12BrFO2/c1-6-4-10(13)8(5-9(6)12)3-7(2)11(14)15/h4-5,7H,3H2,1-2H3,(H,14,15). The minimum absolute atomic E-state index is 0.208. The van der Waals surface area contributed by atoms with Gasteiger partial charge in [0.15, 0.2) is 0 Å². The molecule has 0 spiro atoms. The molecule has 0 heterocycles. The van der Waals surface area contributed by atoms with Crippen LogP contribution in [0.2, 0.25) is 0 Å². The summed E-state index contributed by atoms with van der Waals surface area (Å²) in [7, 11) is 0. The first-order valence-electron chi connectivity index (χ1n) is 4.59. The molecule has 82 valence electrons. The fourth-order valence-electron chi connectivity index (χ4n) is 1.26. The molecule has 0 saturated heterocycles. The number of aliphatic carboxylic acids is 1. The van der Waals surface area contributed by atoms with Gasteiger partial charge in [0.25, 0.3) is 0 Å². The Morgan fingerprint density at radius 2 is 2.20 bits per heavy atom. The van der Waals surface area contributed by atoms with Crippen molar-refractivity contribution in [1.82, 2.24) is 0 Å². The zero-order chi connectivity index (χ0) is 11.6. The lowest BCUT2D eigenvalue weighted by Gasteiger charge is -2.09. The first kappa shape index (κ1) is 12.2. The van der Waals surface area contributed by atoms with Crippen LogP contribution in [0.25, 0.3) is 0 Å². The summed E-state index contributed by atoms with van der Waals surface area (Å²) >= 11 is 3.29. The molecule has 0 bridgehead atoms. The predicted molar refractivity (Wildman–Crippen MR) is 59.3 cm³/mol. The Bertz CT molecular complexity index is 390. The van der Waals surface area contributed by atoms with E-state index in [1.807, 2.05) is 0 Å². The van der Waals surface area contributed by atoms with Crippen molar-refractivity contribution in [3.05, 3.63) is 33.5 Å². The van der Waals surface area contributed by atoms with E-state index in [2.05, 4.69) is 15.9 Å². The van der Waals surface area contributed by atoms with E-state index in [-0.39, 0.29) is 12.2 Å². The maximum atomic E-state index is 13.4. The van der Waals surface area contributed by atoms with Crippen LogP contribution in [-0.2, 0) is 11.2 Å². The van der Waals surface area contributed by atoms with Crippen LogP contribution in [0.15, 0.2) is 16.6 Å². The molecule has 0 aliphatic carbocycles. The lowest BCUT2D eigenvalue weighted by Crippen LogP contribution is -2.13. The molecule has 1 unspecified atom stereocenters. The van der Waals surface area contributed by atoms with Gasteiger partial charge >= 0.3 is 5.97 Å². The van der Waals surface area contributed by atoms with E-state index in [4.69, 9.17) is 5.11 Å². The van der Waals surface area contributed by atoms with Crippen LogP contribution < -0.4 is 0 Å². The number of halogens is 2. The summed E-state index contributed by atoms with van der Waals surface area (Å²) in [6.45, 7) is 3.35. The molecule has 15 heavy (non-hydrogen) atoms.